The highest BCUT2D eigenvalue weighted by molar-refractivity contribution is 5.86. The lowest BCUT2D eigenvalue weighted by Crippen LogP contribution is -2.47. The summed E-state index contributed by atoms with van der Waals surface area (Å²) in [6, 6.07) is 14.9. The summed E-state index contributed by atoms with van der Waals surface area (Å²) in [5.41, 5.74) is 7.05. The molecule has 0 bridgehead atoms. The van der Waals surface area contributed by atoms with Crippen LogP contribution in [-0.4, -0.2) is 40.5 Å². The molecule has 1 aromatic carbocycles. The van der Waals surface area contributed by atoms with Crippen molar-refractivity contribution in [3.63, 3.8) is 0 Å². The second-order valence-corrected chi connectivity index (χ2v) is 9.77. The second-order valence-electron chi connectivity index (χ2n) is 9.77. The predicted octanol–water partition coefficient (Wildman–Crippen LogP) is 5.29. The number of pyridine rings is 2. The molecular weight excluding hydrogens is 420 g/mol. The van der Waals surface area contributed by atoms with Crippen molar-refractivity contribution < 1.29 is 0 Å². The largest absolute Gasteiger partial charge is 0.354 e. The topological polar surface area (TPSA) is 60.5 Å². The third-order valence-electron chi connectivity index (χ3n) is 6.98. The summed E-state index contributed by atoms with van der Waals surface area (Å²) in [7, 11) is 0. The maximum atomic E-state index is 10.1. The van der Waals surface area contributed by atoms with Crippen molar-refractivity contribution in [2.45, 2.75) is 40.5 Å². The van der Waals surface area contributed by atoms with Gasteiger partial charge in [0.1, 0.15) is 17.7 Å². The smallest absolute Gasteiger partial charge is 0.157 e. The van der Waals surface area contributed by atoms with Gasteiger partial charge in [-0.2, -0.15) is 5.26 Å². The molecule has 0 atom stereocenters. The normalized spacial score (nSPS) is 14.4. The van der Waals surface area contributed by atoms with E-state index in [9.17, 15) is 5.26 Å². The number of hydrogen-bond acceptors (Lipinski definition) is 5. The van der Waals surface area contributed by atoms with Crippen molar-refractivity contribution in [2.75, 3.05) is 36.0 Å². The van der Waals surface area contributed by atoms with Gasteiger partial charge in [-0.05, 0) is 73.6 Å². The Hall–Kier alpha value is -3.59. The Morgan fingerprint density at radius 1 is 1.03 bits per heavy atom. The number of piperazine rings is 1. The number of nitriles is 1. The maximum absolute atomic E-state index is 10.1. The fourth-order valence-electron chi connectivity index (χ4n) is 5.07. The number of hydrogen-bond donors (Lipinski definition) is 0. The molecule has 1 aliphatic heterocycles. The lowest BCUT2D eigenvalue weighted by atomic mass is 9.96. The molecule has 0 amide bonds. The standard InChI is InChI=1S/C28H32N6/c1-19(2)9-10-22-21(4)23(18-29)27-31-24-7-5-6-8-25(24)34(27)28(22)33-15-13-32(14-16-33)26-17-20(3)11-12-30-26/h5-8,11-12,17,19H,9-10,13-16H2,1-4H3. The van der Waals surface area contributed by atoms with Crippen LogP contribution in [0, 0.1) is 31.1 Å². The van der Waals surface area contributed by atoms with Crippen LogP contribution in [0.2, 0.25) is 0 Å². The minimum absolute atomic E-state index is 0.595. The van der Waals surface area contributed by atoms with Crippen molar-refractivity contribution in [2.24, 2.45) is 5.92 Å². The number of anilines is 2. The van der Waals surface area contributed by atoms with Crippen LogP contribution < -0.4 is 9.80 Å². The summed E-state index contributed by atoms with van der Waals surface area (Å²) in [6.45, 7) is 12.4. The zero-order chi connectivity index (χ0) is 23.8. The molecule has 0 saturated carbocycles. The van der Waals surface area contributed by atoms with Gasteiger partial charge in [0.25, 0.3) is 0 Å². The van der Waals surface area contributed by atoms with Gasteiger partial charge in [-0.3, -0.25) is 4.40 Å². The van der Waals surface area contributed by atoms with Gasteiger partial charge < -0.3 is 9.80 Å². The van der Waals surface area contributed by atoms with E-state index in [-0.39, 0.29) is 0 Å². The van der Waals surface area contributed by atoms with E-state index in [0.29, 0.717) is 11.5 Å². The summed E-state index contributed by atoms with van der Waals surface area (Å²) >= 11 is 0. The summed E-state index contributed by atoms with van der Waals surface area (Å²) < 4.78 is 2.25. The quantitative estimate of drug-likeness (QED) is 0.412. The zero-order valence-corrected chi connectivity index (χ0v) is 20.5. The monoisotopic (exact) mass is 452 g/mol. The highest BCUT2D eigenvalue weighted by Gasteiger charge is 2.27. The molecule has 4 heterocycles. The highest BCUT2D eigenvalue weighted by atomic mass is 15.3. The predicted molar refractivity (Wildman–Crippen MR) is 139 cm³/mol. The SMILES string of the molecule is Cc1ccnc(N2CCN(c3c(CCC(C)C)c(C)c(C#N)c4nc5ccccc5n34)CC2)c1. The Morgan fingerprint density at radius 3 is 2.47 bits per heavy atom. The molecule has 4 aromatic rings. The van der Waals surface area contributed by atoms with Gasteiger partial charge in [0.05, 0.1) is 16.6 Å². The summed E-state index contributed by atoms with van der Waals surface area (Å²) in [5.74, 6) is 2.85. The van der Waals surface area contributed by atoms with E-state index >= 15 is 0 Å². The van der Waals surface area contributed by atoms with E-state index in [2.05, 4.69) is 71.1 Å². The molecule has 6 nitrogen and oxygen atoms in total. The first-order valence-electron chi connectivity index (χ1n) is 12.2. The van der Waals surface area contributed by atoms with E-state index in [1.807, 2.05) is 24.4 Å². The van der Waals surface area contributed by atoms with Gasteiger partial charge in [-0.15, -0.1) is 0 Å². The summed E-state index contributed by atoms with van der Waals surface area (Å²) in [6.07, 6.45) is 3.94. The molecule has 34 heavy (non-hydrogen) atoms. The first kappa shape index (κ1) is 22.2. The van der Waals surface area contributed by atoms with Gasteiger partial charge in [0.15, 0.2) is 5.65 Å². The Kier molecular flexibility index (Phi) is 5.87. The number of nitrogens with zero attached hydrogens (tertiary/aromatic N) is 6. The summed E-state index contributed by atoms with van der Waals surface area (Å²) in [5, 5.41) is 10.1. The number of aromatic nitrogens is 3. The third kappa shape index (κ3) is 3.86. The molecule has 0 spiro atoms. The molecule has 0 unspecified atom stereocenters. The number of rotatable bonds is 5. The van der Waals surface area contributed by atoms with Crippen molar-refractivity contribution in [3.8, 4) is 6.07 Å². The van der Waals surface area contributed by atoms with Crippen LogP contribution >= 0.6 is 0 Å². The van der Waals surface area contributed by atoms with Crippen molar-refractivity contribution in [3.05, 3.63) is 64.8 Å². The van der Waals surface area contributed by atoms with E-state index in [4.69, 9.17) is 4.98 Å². The second kappa shape index (κ2) is 8.98. The Labute approximate surface area is 201 Å². The Balaban J connectivity index is 1.63. The first-order chi connectivity index (χ1) is 16.5. The Bertz CT molecular complexity index is 1390. The van der Waals surface area contributed by atoms with Crippen LogP contribution in [0.3, 0.4) is 0 Å². The molecule has 1 saturated heterocycles. The highest BCUT2D eigenvalue weighted by Crippen LogP contribution is 2.35. The van der Waals surface area contributed by atoms with Gasteiger partial charge in [-0.25, -0.2) is 9.97 Å². The Morgan fingerprint density at radius 2 is 1.76 bits per heavy atom. The van der Waals surface area contributed by atoms with E-state index < -0.39 is 0 Å². The average molecular weight is 453 g/mol. The van der Waals surface area contributed by atoms with Crippen molar-refractivity contribution in [1.29, 1.82) is 5.26 Å². The molecule has 0 aliphatic carbocycles. The number of aryl methyl sites for hydroxylation is 1. The molecule has 5 rings (SSSR count). The lowest BCUT2D eigenvalue weighted by Gasteiger charge is -2.38. The minimum Gasteiger partial charge on any atom is -0.354 e. The molecule has 174 valence electrons. The molecule has 1 fully saturated rings. The fraction of sp³-hybridized carbons (Fsp3) is 0.393. The van der Waals surface area contributed by atoms with Gasteiger partial charge in [0, 0.05) is 32.4 Å². The van der Waals surface area contributed by atoms with E-state index in [1.54, 1.807) is 0 Å². The fourth-order valence-corrected chi connectivity index (χ4v) is 5.07. The zero-order valence-electron chi connectivity index (χ0n) is 20.5. The minimum atomic E-state index is 0.595. The molecular formula is C28H32N6. The third-order valence-corrected chi connectivity index (χ3v) is 6.98. The lowest BCUT2D eigenvalue weighted by molar-refractivity contribution is 0.580. The van der Waals surface area contributed by atoms with Crippen LogP contribution in [-0.2, 0) is 6.42 Å². The molecule has 0 N–H and O–H groups in total. The van der Waals surface area contributed by atoms with E-state index in [1.165, 1.54) is 16.9 Å². The number of imidazole rings is 1. The number of para-hydroxylation sites is 2. The first-order valence-corrected chi connectivity index (χ1v) is 12.2. The van der Waals surface area contributed by atoms with Crippen LogP contribution in [0.15, 0.2) is 42.6 Å². The maximum Gasteiger partial charge on any atom is 0.157 e. The van der Waals surface area contributed by atoms with Gasteiger partial charge in [0.2, 0.25) is 0 Å². The number of benzene rings is 1. The molecule has 6 heteroatoms. The van der Waals surface area contributed by atoms with Crippen LogP contribution in [0.25, 0.3) is 16.7 Å². The number of fused-ring (bicyclic) bond motifs is 3. The van der Waals surface area contributed by atoms with Gasteiger partial charge in [-0.1, -0.05) is 26.0 Å². The molecule has 0 radical (unpaired) electrons. The van der Waals surface area contributed by atoms with Crippen LogP contribution in [0.1, 0.15) is 42.5 Å². The van der Waals surface area contributed by atoms with Crippen molar-refractivity contribution in [1.82, 2.24) is 14.4 Å². The molecule has 1 aliphatic rings. The van der Waals surface area contributed by atoms with Crippen LogP contribution in [0.4, 0.5) is 11.6 Å². The average Bonchev–Trinajstić information content (AvgIpc) is 3.21. The van der Waals surface area contributed by atoms with E-state index in [0.717, 1.165) is 67.1 Å². The van der Waals surface area contributed by atoms with Crippen LogP contribution in [0.5, 0.6) is 0 Å². The molecule has 3 aromatic heterocycles. The summed E-state index contributed by atoms with van der Waals surface area (Å²) in [4.78, 5) is 14.4. The van der Waals surface area contributed by atoms with Crippen molar-refractivity contribution >= 4 is 28.3 Å². The van der Waals surface area contributed by atoms with Gasteiger partial charge >= 0.3 is 0 Å².